The van der Waals surface area contributed by atoms with Gasteiger partial charge < -0.3 is 5.32 Å². The molecule has 0 bridgehead atoms. The first-order valence-electron chi connectivity index (χ1n) is 6.11. The van der Waals surface area contributed by atoms with Gasteiger partial charge in [-0.3, -0.25) is 0 Å². The van der Waals surface area contributed by atoms with Crippen molar-refractivity contribution >= 4 is 23.4 Å². The summed E-state index contributed by atoms with van der Waals surface area (Å²) in [5.74, 6) is 0.522. The number of para-hydroxylation sites is 1. The number of pyridine rings is 1. The van der Waals surface area contributed by atoms with Crippen LogP contribution in [0, 0.1) is 11.3 Å². The highest BCUT2D eigenvalue weighted by Crippen LogP contribution is 2.15. The zero-order chi connectivity index (χ0) is 13.8. The number of allylic oxidation sites excluding steroid dienone is 1. The normalized spacial score (nSPS) is 10.8. The topological polar surface area (TPSA) is 66.0 Å². The number of nitrogens with one attached hydrogen (secondary N) is 1. The highest BCUT2D eigenvalue weighted by molar-refractivity contribution is 5.58. The van der Waals surface area contributed by atoms with Gasteiger partial charge in [-0.1, -0.05) is 24.3 Å². The third-order valence-electron chi connectivity index (χ3n) is 2.75. The Morgan fingerprint density at radius 1 is 1.10 bits per heavy atom. The van der Waals surface area contributed by atoms with Crippen LogP contribution < -0.4 is 5.32 Å². The first-order valence-corrected chi connectivity index (χ1v) is 6.11. The number of benzene rings is 1. The maximum atomic E-state index is 8.61. The number of rotatable bonds is 3. The van der Waals surface area contributed by atoms with Crippen molar-refractivity contribution in [2.75, 3.05) is 5.32 Å². The summed E-state index contributed by atoms with van der Waals surface area (Å²) in [4.78, 5) is 4.40. The molecule has 0 fully saturated rings. The van der Waals surface area contributed by atoms with Crippen molar-refractivity contribution in [2.24, 2.45) is 0 Å². The minimum absolute atomic E-state index is 0.522. The van der Waals surface area contributed by atoms with Crippen LogP contribution in [0.25, 0.3) is 11.7 Å². The average Bonchev–Trinajstić information content (AvgIpc) is 2.89. The molecule has 3 rings (SSSR count). The lowest BCUT2D eigenvalue weighted by Gasteiger charge is -1.99. The van der Waals surface area contributed by atoms with Crippen LogP contribution in [0.15, 0.2) is 54.6 Å². The predicted molar refractivity (Wildman–Crippen MR) is 77.4 cm³/mol. The first-order chi connectivity index (χ1) is 9.86. The molecule has 0 atom stereocenters. The molecule has 1 N–H and O–H groups in total. The largest absolute Gasteiger partial charge is 0.323 e. The van der Waals surface area contributed by atoms with E-state index in [1.54, 1.807) is 10.6 Å². The smallest absolute Gasteiger partial charge is 0.247 e. The molecule has 0 saturated carbocycles. The summed E-state index contributed by atoms with van der Waals surface area (Å²) in [5, 5.41) is 16.1. The number of anilines is 2. The Balaban J connectivity index is 1.99. The van der Waals surface area contributed by atoms with Gasteiger partial charge in [-0.2, -0.15) is 10.2 Å². The van der Waals surface area contributed by atoms with Crippen molar-refractivity contribution < 1.29 is 0 Å². The summed E-state index contributed by atoms with van der Waals surface area (Å²) >= 11 is 0. The van der Waals surface area contributed by atoms with Crippen LogP contribution in [0.5, 0.6) is 0 Å². The first kappa shape index (κ1) is 11.9. The van der Waals surface area contributed by atoms with Gasteiger partial charge in [0.1, 0.15) is 0 Å². The summed E-state index contributed by atoms with van der Waals surface area (Å²) in [6.07, 6.45) is 3.12. The van der Waals surface area contributed by atoms with Gasteiger partial charge in [0.05, 0.1) is 11.8 Å². The van der Waals surface area contributed by atoms with E-state index in [0.717, 1.165) is 17.0 Å². The van der Waals surface area contributed by atoms with Crippen LogP contribution in [0.2, 0.25) is 0 Å². The molecule has 5 heteroatoms. The predicted octanol–water partition coefficient (Wildman–Crippen LogP) is 3.01. The molecular weight excluding hydrogens is 250 g/mol. The van der Waals surface area contributed by atoms with E-state index < -0.39 is 0 Å². The van der Waals surface area contributed by atoms with Gasteiger partial charge in [-0.15, -0.1) is 5.10 Å². The molecule has 0 saturated heterocycles. The fourth-order valence-corrected chi connectivity index (χ4v) is 1.88. The van der Waals surface area contributed by atoms with Crippen LogP contribution >= 0.6 is 0 Å². The van der Waals surface area contributed by atoms with Crippen LogP contribution in [-0.4, -0.2) is 14.6 Å². The summed E-state index contributed by atoms with van der Waals surface area (Å²) in [6.45, 7) is 0. The SMILES string of the molecule is N#C/C=C/c1cccc2nc(Nc3ccccc3)nn12. The summed E-state index contributed by atoms with van der Waals surface area (Å²) in [6, 6.07) is 17.3. The second-order valence-corrected chi connectivity index (χ2v) is 4.11. The van der Waals surface area contributed by atoms with Crippen LogP contribution in [0.3, 0.4) is 0 Å². The number of nitriles is 1. The van der Waals surface area contributed by atoms with E-state index in [4.69, 9.17) is 5.26 Å². The van der Waals surface area contributed by atoms with Crippen molar-refractivity contribution in [3.63, 3.8) is 0 Å². The molecule has 0 aliphatic rings. The molecule has 1 aromatic carbocycles. The molecule has 2 aromatic heterocycles. The van der Waals surface area contributed by atoms with Gasteiger partial charge in [-0.05, 0) is 30.3 Å². The minimum atomic E-state index is 0.522. The van der Waals surface area contributed by atoms with Crippen LogP contribution in [0.1, 0.15) is 5.69 Å². The molecule has 2 heterocycles. The van der Waals surface area contributed by atoms with E-state index in [2.05, 4.69) is 15.4 Å². The van der Waals surface area contributed by atoms with Gasteiger partial charge >= 0.3 is 0 Å². The third kappa shape index (κ3) is 2.35. The van der Waals surface area contributed by atoms with Crippen molar-refractivity contribution in [3.05, 3.63) is 60.3 Å². The van der Waals surface area contributed by atoms with Crippen LogP contribution in [-0.2, 0) is 0 Å². The highest BCUT2D eigenvalue weighted by Gasteiger charge is 2.05. The maximum absolute atomic E-state index is 8.61. The third-order valence-corrected chi connectivity index (χ3v) is 2.75. The standard InChI is InChI=1S/C15H11N5/c16-11-5-9-13-8-4-10-14-18-15(19-20(13)14)17-12-6-2-1-3-7-12/h1-10H,(H,17,19)/b9-5+. The lowest BCUT2D eigenvalue weighted by molar-refractivity contribution is 0.952. The summed E-state index contributed by atoms with van der Waals surface area (Å²) < 4.78 is 1.69. The second-order valence-electron chi connectivity index (χ2n) is 4.11. The van der Waals surface area contributed by atoms with Gasteiger partial charge in [0.25, 0.3) is 0 Å². The molecule has 0 amide bonds. The fraction of sp³-hybridized carbons (Fsp3) is 0. The van der Waals surface area contributed by atoms with Crippen molar-refractivity contribution in [1.29, 1.82) is 5.26 Å². The molecule has 96 valence electrons. The number of hydrogen-bond donors (Lipinski definition) is 1. The molecule has 5 nitrogen and oxygen atoms in total. The minimum Gasteiger partial charge on any atom is -0.323 e. The molecule has 0 aliphatic heterocycles. The molecule has 3 aromatic rings. The summed E-state index contributed by atoms with van der Waals surface area (Å²) in [7, 11) is 0. The number of hydrogen-bond acceptors (Lipinski definition) is 4. The quantitative estimate of drug-likeness (QED) is 0.736. The molecular formula is C15H11N5. The van der Waals surface area contributed by atoms with Crippen molar-refractivity contribution in [1.82, 2.24) is 14.6 Å². The summed E-state index contributed by atoms with van der Waals surface area (Å²) in [5.41, 5.74) is 2.46. The van der Waals surface area contributed by atoms with E-state index in [1.807, 2.05) is 54.6 Å². The number of fused-ring (bicyclic) bond motifs is 1. The van der Waals surface area contributed by atoms with E-state index in [0.29, 0.717) is 5.95 Å². The molecule has 20 heavy (non-hydrogen) atoms. The lowest BCUT2D eigenvalue weighted by Crippen LogP contribution is -1.94. The van der Waals surface area contributed by atoms with E-state index in [-0.39, 0.29) is 0 Å². The lowest BCUT2D eigenvalue weighted by atomic mass is 10.3. The Hall–Kier alpha value is -3.13. The van der Waals surface area contributed by atoms with Gasteiger partial charge in [0.2, 0.25) is 5.95 Å². The van der Waals surface area contributed by atoms with Gasteiger partial charge in [0.15, 0.2) is 5.65 Å². The number of nitrogens with zero attached hydrogens (tertiary/aromatic N) is 4. The second kappa shape index (κ2) is 5.24. The van der Waals surface area contributed by atoms with Crippen molar-refractivity contribution in [2.45, 2.75) is 0 Å². The van der Waals surface area contributed by atoms with Gasteiger partial charge in [0, 0.05) is 11.8 Å². The Labute approximate surface area is 115 Å². The van der Waals surface area contributed by atoms with Crippen LogP contribution in [0.4, 0.5) is 11.6 Å². The Morgan fingerprint density at radius 2 is 1.95 bits per heavy atom. The highest BCUT2D eigenvalue weighted by atomic mass is 15.4. The van der Waals surface area contributed by atoms with E-state index in [1.165, 1.54) is 6.08 Å². The zero-order valence-electron chi connectivity index (χ0n) is 10.6. The molecule has 0 radical (unpaired) electrons. The molecule has 0 spiro atoms. The zero-order valence-corrected chi connectivity index (χ0v) is 10.6. The Kier molecular flexibility index (Phi) is 3.13. The molecule has 0 aliphatic carbocycles. The monoisotopic (exact) mass is 261 g/mol. The fourth-order valence-electron chi connectivity index (χ4n) is 1.88. The number of aromatic nitrogens is 3. The Bertz CT molecular complexity index is 796. The van der Waals surface area contributed by atoms with E-state index in [9.17, 15) is 0 Å². The van der Waals surface area contributed by atoms with Gasteiger partial charge in [-0.25, -0.2) is 4.52 Å². The van der Waals surface area contributed by atoms with E-state index >= 15 is 0 Å². The van der Waals surface area contributed by atoms with Crippen molar-refractivity contribution in [3.8, 4) is 6.07 Å². The Morgan fingerprint density at radius 3 is 2.75 bits per heavy atom. The average molecular weight is 261 g/mol. The molecule has 0 unspecified atom stereocenters. The maximum Gasteiger partial charge on any atom is 0.247 e.